The number of hydrogen-bond acceptors (Lipinski definition) is 6. The molecule has 3 aromatic rings. The number of nitrogens with zero attached hydrogens (tertiary/aromatic N) is 1. The van der Waals surface area contributed by atoms with E-state index in [-0.39, 0.29) is 5.57 Å². The largest absolute Gasteiger partial charge is 0.494 e. The summed E-state index contributed by atoms with van der Waals surface area (Å²) in [6, 6.07) is 16.3. The Bertz CT molecular complexity index is 1370. The number of rotatable bonds is 8. The molecule has 1 saturated heterocycles. The lowest BCUT2D eigenvalue weighted by atomic mass is 10.1. The summed E-state index contributed by atoms with van der Waals surface area (Å²) in [7, 11) is 1.50. The van der Waals surface area contributed by atoms with Gasteiger partial charge in [-0.05, 0) is 95.2 Å². The molecule has 0 bridgehead atoms. The minimum absolute atomic E-state index is 0.193. The second-order valence-corrected chi connectivity index (χ2v) is 9.43. The predicted octanol–water partition coefficient (Wildman–Crippen LogP) is 5.60. The van der Waals surface area contributed by atoms with Crippen LogP contribution in [0.25, 0.3) is 6.08 Å². The minimum Gasteiger partial charge on any atom is -0.494 e. The second-order valence-electron chi connectivity index (χ2n) is 7.83. The monoisotopic (exact) mass is 632 g/mol. The number of methoxy groups -OCH3 is 1. The zero-order valence-electron chi connectivity index (χ0n) is 19.9. The Kier molecular flexibility index (Phi) is 8.34. The van der Waals surface area contributed by atoms with E-state index in [2.05, 4.69) is 27.9 Å². The summed E-state index contributed by atoms with van der Waals surface area (Å²) in [5.74, 6) is 0.0221. The molecule has 0 aromatic heterocycles. The number of halogens is 2. The van der Waals surface area contributed by atoms with Crippen molar-refractivity contribution in [1.29, 1.82) is 0 Å². The van der Waals surface area contributed by atoms with Gasteiger partial charge in [-0.3, -0.25) is 14.9 Å². The van der Waals surface area contributed by atoms with Crippen LogP contribution in [0.4, 0.5) is 10.5 Å². The zero-order valence-corrected chi connectivity index (χ0v) is 22.8. The van der Waals surface area contributed by atoms with Crippen molar-refractivity contribution in [2.45, 2.75) is 13.5 Å². The normalized spacial score (nSPS) is 14.5. The Morgan fingerprint density at radius 2 is 1.70 bits per heavy atom. The molecular formula is C27H22ClIN2O6. The molecule has 8 nitrogen and oxygen atoms in total. The summed E-state index contributed by atoms with van der Waals surface area (Å²) in [5, 5.41) is 2.86. The first-order valence-electron chi connectivity index (χ1n) is 11.2. The Hall–Kier alpha value is -3.57. The van der Waals surface area contributed by atoms with Gasteiger partial charge in [0, 0.05) is 5.02 Å². The fourth-order valence-corrected chi connectivity index (χ4v) is 4.52. The molecule has 4 amide bonds. The minimum atomic E-state index is -0.825. The smallest absolute Gasteiger partial charge is 0.335 e. The van der Waals surface area contributed by atoms with Crippen molar-refractivity contribution in [1.82, 2.24) is 5.32 Å². The van der Waals surface area contributed by atoms with Crippen molar-refractivity contribution < 1.29 is 28.6 Å². The lowest BCUT2D eigenvalue weighted by Gasteiger charge is -2.26. The molecule has 4 rings (SSSR count). The average molecular weight is 633 g/mol. The van der Waals surface area contributed by atoms with E-state index in [9.17, 15) is 14.4 Å². The van der Waals surface area contributed by atoms with Gasteiger partial charge in [0.1, 0.15) is 17.9 Å². The average Bonchev–Trinajstić information content (AvgIpc) is 2.87. The summed E-state index contributed by atoms with van der Waals surface area (Å²) in [6.45, 7) is 2.63. The first kappa shape index (κ1) is 26.5. The Balaban J connectivity index is 1.61. The van der Waals surface area contributed by atoms with E-state index in [0.29, 0.717) is 50.3 Å². The summed E-state index contributed by atoms with van der Waals surface area (Å²) in [6.07, 6.45) is 1.42. The Morgan fingerprint density at radius 1 is 1.00 bits per heavy atom. The summed E-state index contributed by atoms with van der Waals surface area (Å²) < 4.78 is 17.6. The highest BCUT2D eigenvalue weighted by Crippen LogP contribution is 2.35. The molecule has 3 aromatic carbocycles. The number of carbonyl (C=O) groups excluding carboxylic acids is 3. The van der Waals surface area contributed by atoms with Crippen molar-refractivity contribution in [3.63, 3.8) is 0 Å². The highest BCUT2D eigenvalue weighted by Gasteiger charge is 2.37. The van der Waals surface area contributed by atoms with Crippen LogP contribution in [0.1, 0.15) is 18.1 Å². The van der Waals surface area contributed by atoms with Crippen molar-refractivity contribution in [2.24, 2.45) is 0 Å². The molecule has 190 valence electrons. The van der Waals surface area contributed by atoms with E-state index < -0.39 is 17.8 Å². The van der Waals surface area contributed by atoms with Crippen LogP contribution < -0.4 is 24.4 Å². The standard InChI is InChI=1S/C27H22ClIN2O6/c1-3-36-20-10-8-19(9-11-20)31-26(33)21(25(32)30-27(31)34)12-17-13-22(29)24(23(14-17)35-2)37-15-16-4-6-18(28)7-5-16/h4-14H,3,15H2,1-2H3,(H,30,32,34)/b21-12-. The van der Waals surface area contributed by atoms with Crippen LogP contribution in [-0.2, 0) is 16.2 Å². The number of imide groups is 2. The SMILES string of the molecule is CCOc1ccc(N2C(=O)NC(=O)/C(=C/c3cc(I)c(OCc4ccc(Cl)cc4)c(OC)c3)C2=O)cc1. The van der Waals surface area contributed by atoms with Gasteiger partial charge in [0.2, 0.25) is 0 Å². The summed E-state index contributed by atoms with van der Waals surface area (Å²) in [5.41, 5.74) is 1.57. The number of hydrogen-bond donors (Lipinski definition) is 1. The van der Waals surface area contributed by atoms with Gasteiger partial charge in [-0.2, -0.15) is 0 Å². The van der Waals surface area contributed by atoms with Gasteiger partial charge in [0.15, 0.2) is 11.5 Å². The highest BCUT2D eigenvalue weighted by atomic mass is 127. The van der Waals surface area contributed by atoms with Crippen molar-refractivity contribution >= 4 is 63.8 Å². The molecule has 1 aliphatic heterocycles. The molecule has 37 heavy (non-hydrogen) atoms. The summed E-state index contributed by atoms with van der Waals surface area (Å²) in [4.78, 5) is 39.2. The van der Waals surface area contributed by atoms with E-state index >= 15 is 0 Å². The maximum atomic E-state index is 13.2. The summed E-state index contributed by atoms with van der Waals surface area (Å²) >= 11 is 8.04. The molecule has 0 aliphatic carbocycles. The van der Waals surface area contributed by atoms with Gasteiger partial charge in [-0.25, -0.2) is 9.69 Å². The van der Waals surface area contributed by atoms with Crippen LogP contribution in [0.2, 0.25) is 5.02 Å². The number of barbiturate groups is 1. The molecule has 1 fully saturated rings. The molecular weight excluding hydrogens is 611 g/mol. The number of urea groups is 1. The topological polar surface area (TPSA) is 94.2 Å². The molecule has 1 heterocycles. The van der Waals surface area contributed by atoms with Crippen LogP contribution in [0.15, 0.2) is 66.2 Å². The molecule has 0 spiro atoms. The fraction of sp³-hybridized carbons (Fsp3) is 0.148. The molecule has 0 unspecified atom stereocenters. The lowest BCUT2D eigenvalue weighted by molar-refractivity contribution is -0.122. The van der Waals surface area contributed by atoms with Gasteiger partial charge in [0.25, 0.3) is 11.8 Å². The third-order valence-electron chi connectivity index (χ3n) is 5.37. The van der Waals surface area contributed by atoms with Crippen LogP contribution in [-0.4, -0.2) is 31.6 Å². The first-order chi connectivity index (χ1) is 17.8. The molecule has 0 radical (unpaired) electrons. The number of anilines is 1. The maximum Gasteiger partial charge on any atom is 0.335 e. The molecule has 1 aliphatic rings. The van der Waals surface area contributed by atoms with Crippen LogP contribution in [0.5, 0.6) is 17.2 Å². The number of benzene rings is 3. The predicted molar refractivity (Wildman–Crippen MR) is 148 cm³/mol. The molecule has 1 N–H and O–H groups in total. The Labute approximate surface area is 232 Å². The van der Waals surface area contributed by atoms with Crippen molar-refractivity contribution in [2.75, 3.05) is 18.6 Å². The van der Waals surface area contributed by atoms with Crippen LogP contribution in [0.3, 0.4) is 0 Å². The highest BCUT2D eigenvalue weighted by molar-refractivity contribution is 14.1. The quantitative estimate of drug-likeness (QED) is 0.198. The molecule has 0 saturated carbocycles. The van der Waals surface area contributed by atoms with Gasteiger partial charge in [-0.1, -0.05) is 23.7 Å². The number of ether oxygens (including phenoxy) is 3. The fourth-order valence-electron chi connectivity index (χ4n) is 3.62. The number of amides is 4. The maximum absolute atomic E-state index is 13.2. The van der Waals surface area contributed by atoms with Gasteiger partial charge in [0.05, 0.1) is 23.0 Å². The molecule has 10 heteroatoms. The van der Waals surface area contributed by atoms with Gasteiger partial charge in [-0.15, -0.1) is 0 Å². The third-order valence-corrected chi connectivity index (χ3v) is 6.42. The van der Waals surface area contributed by atoms with Crippen LogP contribution >= 0.6 is 34.2 Å². The first-order valence-corrected chi connectivity index (χ1v) is 12.7. The number of carbonyl (C=O) groups is 3. The van der Waals surface area contributed by atoms with E-state index in [1.807, 2.05) is 19.1 Å². The van der Waals surface area contributed by atoms with E-state index in [1.54, 1.807) is 48.5 Å². The zero-order chi connectivity index (χ0) is 26.5. The van der Waals surface area contributed by atoms with E-state index in [0.717, 1.165) is 10.5 Å². The van der Waals surface area contributed by atoms with E-state index in [1.165, 1.54) is 13.2 Å². The second kappa shape index (κ2) is 11.7. The van der Waals surface area contributed by atoms with Crippen molar-refractivity contribution in [3.8, 4) is 17.2 Å². The van der Waals surface area contributed by atoms with Gasteiger partial charge < -0.3 is 14.2 Å². The van der Waals surface area contributed by atoms with Crippen LogP contribution in [0, 0.1) is 3.57 Å². The van der Waals surface area contributed by atoms with Crippen molar-refractivity contribution in [3.05, 3.63) is 86.0 Å². The number of nitrogens with one attached hydrogen (secondary N) is 1. The molecule has 0 atom stereocenters. The third kappa shape index (κ3) is 6.05. The lowest BCUT2D eigenvalue weighted by Crippen LogP contribution is -2.54. The van der Waals surface area contributed by atoms with Gasteiger partial charge >= 0.3 is 6.03 Å². The van der Waals surface area contributed by atoms with E-state index in [4.69, 9.17) is 25.8 Å². The Morgan fingerprint density at radius 3 is 2.35 bits per heavy atom.